The van der Waals surface area contributed by atoms with Crippen molar-refractivity contribution in [3.8, 4) is 0 Å². The van der Waals surface area contributed by atoms with E-state index in [-0.39, 0.29) is 5.41 Å². The summed E-state index contributed by atoms with van der Waals surface area (Å²) in [7, 11) is 2.16. The minimum Gasteiger partial charge on any atom is -0.389 e. The number of hydrogen-bond donors (Lipinski definition) is 2. The molecule has 1 aliphatic heterocycles. The second kappa shape index (κ2) is 5.48. The predicted octanol–water partition coefficient (Wildman–Crippen LogP) is 1.99. The number of hydrogen-bond acceptors (Lipinski definition) is 3. The van der Waals surface area contributed by atoms with E-state index in [9.17, 15) is 5.11 Å². The molecule has 106 valence electrons. The Labute approximate surface area is 112 Å². The average Bonchev–Trinajstić information content (AvgIpc) is 2.54. The normalized spacial score (nSPS) is 43.7. The van der Waals surface area contributed by atoms with Crippen LogP contribution in [0.15, 0.2) is 0 Å². The summed E-state index contributed by atoms with van der Waals surface area (Å²) in [4.78, 5) is 2.34. The molecule has 0 aromatic heterocycles. The van der Waals surface area contributed by atoms with E-state index in [2.05, 4.69) is 18.9 Å². The molecular formula is C15H30N2O. The van der Waals surface area contributed by atoms with Gasteiger partial charge in [0, 0.05) is 18.5 Å². The highest BCUT2D eigenvalue weighted by Gasteiger charge is 2.50. The zero-order valence-corrected chi connectivity index (χ0v) is 12.1. The highest BCUT2D eigenvalue weighted by molar-refractivity contribution is 5.02. The number of nitrogens with zero attached hydrogens (tertiary/aromatic N) is 1. The minimum absolute atomic E-state index is 0.00924. The van der Waals surface area contributed by atoms with Crippen LogP contribution in [0.1, 0.15) is 51.9 Å². The first-order valence-corrected chi connectivity index (χ1v) is 7.62. The average molecular weight is 254 g/mol. The number of nitrogens with two attached hydrogens (primary N) is 1. The highest BCUT2D eigenvalue weighted by atomic mass is 16.3. The Bertz CT molecular complexity index is 274. The summed E-state index contributed by atoms with van der Waals surface area (Å²) in [5.74, 6) is 0.807. The molecule has 0 aromatic rings. The maximum Gasteiger partial charge on any atom is 0.0728 e. The molecule has 1 saturated heterocycles. The van der Waals surface area contributed by atoms with Gasteiger partial charge in [-0.25, -0.2) is 0 Å². The molecule has 2 rings (SSSR count). The van der Waals surface area contributed by atoms with E-state index in [1.807, 2.05) is 0 Å². The Morgan fingerprint density at radius 1 is 1.17 bits per heavy atom. The molecule has 18 heavy (non-hydrogen) atoms. The molecule has 1 saturated carbocycles. The van der Waals surface area contributed by atoms with Crippen molar-refractivity contribution in [2.24, 2.45) is 17.1 Å². The van der Waals surface area contributed by atoms with E-state index in [1.165, 1.54) is 12.8 Å². The smallest absolute Gasteiger partial charge is 0.0728 e. The van der Waals surface area contributed by atoms with Crippen molar-refractivity contribution in [2.75, 3.05) is 26.7 Å². The standard InChI is InChI=1S/C15H30N2O/c1-13-4-7-14(12-16,8-5-13)15(18)6-3-10-17(2)11-9-15/h13,18H,3-12,16H2,1-2H3. The van der Waals surface area contributed by atoms with Gasteiger partial charge >= 0.3 is 0 Å². The van der Waals surface area contributed by atoms with Gasteiger partial charge in [0.05, 0.1) is 5.60 Å². The molecule has 3 nitrogen and oxygen atoms in total. The third-order valence-electron chi connectivity index (χ3n) is 5.65. The van der Waals surface area contributed by atoms with Crippen LogP contribution in [-0.4, -0.2) is 42.3 Å². The first kappa shape index (κ1) is 14.3. The lowest BCUT2D eigenvalue weighted by Gasteiger charge is -2.50. The van der Waals surface area contributed by atoms with Crippen molar-refractivity contribution in [3.05, 3.63) is 0 Å². The summed E-state index contributed by atoms with van der Waals surface area (Å²) in [6.07, 6.45) is 7.63. The molecule has 1 unspecified atom stereocenters. The fraction of sp³-hybridized carbons (Fsp3) is 1.00. The van der Waals surface area contributed by atoms with Crippen molar-refractivity contribution in [1.82, 2.24) is 4.90 Å². The summed E-state index contributed by atoms with van der Waals surface area (Å²) >= 11 is 0. The third-order valence-corrected chi connectivity index (χ3v) is 5.65. The molecule has 0 radical (unpaired) electrons. The van der Waals surface area contributed by atoms with Gasteiger partial charge in [-0.1, -0.05) is 19.8 Å². The van der Waals surface area contributed by atoms with E-state index in [0.29, 0.717) is 6.54 Å². The van der Waals surface area contributed by atoms with Crippen LogP contribution in [0.25, 0.3) is 0 Å². The first-order chi connectivity index (χ1) is 8.51. The number of rotatable bonds is 2. The lowest BCUT2D eigenvalue weighted by atomic mass is 9.59. The van der Waals surface area contributed by atoms with Gasteiger partial charge in [0.25, 0.3) is 0 Å². The topological polar surface area (TPSA) is 49.5 Å². The van der Waals surface area contributed by atoms with Crippen LogP contribution in [-0.2, 0) is 0 Å². The molecule has 0 bridgehead atoms. The molecule has 0 aromatic carbocycles. The Hall–Kier alpha value is -0.120. The summed E-state index contributed by atoms with van der Waals surface area (Å²) in [5.41, 5.74) is 5.58. The molecule has 2 aliphatic rings. The van der Waals surface area contributed by atoms with Crippen molar-refractivity contribution >= 4 is 0 Å². The SMILES string of the molecule is CC1CCC(CN)(C2(O)CCCN(C)CC2)CC1. The molecule has 1 aliphatic carbocycles. The fourth-order valence-electron chi connectivity index (χ4n) is 3.96. The molecule has 3 N–H and O–H groups in total. The Morgan fingerprint density at radius 2 is 1.83 bits per heavy atom. The zero-order valence-electron chi connectivity index (χ0n) is 12.1. The van der Waals surface area contributed by atoms with Gasteiger partial charge in [0.2, 0.25) is 0 Å². The van der Waals surface area contributed by atoms with E-state index >= 15 is 0 Å². The Morgan fingerprint density at radius 3 is 2.44 bits per heavy atom. The van der Waals surface area contributed by atoms with E-state index < -0.39 is 5.60 Å². The monoisotopic (exact) mass is 254 g/mol. The molecular weight excluding hydrogens is 224 g/mol. The third kappa shape index (κ3) is 2.59. The molecule has 2 fully saturated rings. The van der Waals surface area contributed by atoms with Crippen molar-refractivity contribution in [2.45, 2.75) is 57.5 Å². The summed E-state index contributed by atoms with van der Waals surface area (Å²) in [6.45, 7) is 5.10. The van der Waals surface area contributed by atoms with Crippen molar-refractivity contribution < 1.29 is 5.11 Å². The van der Waals surface area contributed by atoms with Gasteiger partial charge in [-0.2, -0.15) is 0 Å². The molecule has 1 heterocycles. The van der Waals surface area contributed by atoms with Crippen LogP contribution < -0.4 is 5.73 Å². The van der Waals surface area contributed by atoms with Crippen LogP contribution >= 0.6 is 0 Å². The maximum atomic E-state index is 11.2. The van der Waals surface area contributed by atoms with Gasteiger partial charge in [0.1, 0.15) is 0 Å². The van der Waals surface area contributed by atoms with Crippen molar-refractivity contribution in [1.29, 1.82) is 0 Å². The van der Waals surface area contributed by atoms with Gasteiger partial charge < -0.3 is 15.7 Å². The molecule has 0 spiro atoms. The molecule has 1 atom stereocenters. The van der Waals surface area contributed by atoms with Gasteiger partial charge in [0.15, 0.2) is 0 Å². The highest BCUT2D eigenvalue weighted by Crippen LogP contribution is 2.49. The lowest BCUT2D eigenvalue weighted by Crippen LogP contribution is -2.54. The van der Waals surface area contributed by atoms with Gasteiger partial charge in [-0.05, 0) is 51.6 Å². The summed E-state index contributed by atoms with van der Waals surface area (Å²) in [6, 6.07) is 0. The van der Waals surface area contributed by atoms with E-state index in [1.54, 1.807) is 0 Å². The summed E-state index contributed by atoms with van der Waals surface area (Å²) < 4.78 is 0. The zero-order chi connectivity index (χ0) is 13.2. The van der Waals surface area contributed by atoms with Crippen LogP contribution in [0, 0.1) is 11.3 Å². The number of likely N-dealkylation sites (tertiary alicyclic amines) is 1. The Kier molecular flexibility index (Phi) is 4.35. The van der Waals surface area contributed by atoms with Crippen LogP contribution in [0.4, 0.5) is 0 Å². The quantitative estimate of drug-likeness (QED) is 0.792. The first-order valence-electron chi connectivity index (χ1n) is 7.62. The number of aliphatic hydroxyl groups is 1. The van der Waals surface area contributed by atoms with Gasteiger partial charge in [-0.15, -0.1) is 0 Å². The van der Waals surface area contributed by atoms with Crippen LogP contribution in [0.3, 0.4) is 0 Å². The van der Waals surface area contributed by atoms with E-state index in [4.69, 9.17) is 5.73 Å². The van der Waals surface area contributed by atoms with Crippen LogP contribution in [0.2, 0.25) is 0 Å². The van der Waals surface area contributed by atoms with Gasteiger partial charge in [-0.3, -0.25) is 0 Å². The molecule has 0 amide bonds. The largest absolute Gasteiger partial charge is 0.389 e. The van der Waals surface area contributed by atoms with Crippen LogP contribution in [0.5, 0.6) is 0 Å². The second-order valence-corrected chi connectivity index (χ2v) is 6.86. The fourth-order valence-corrected chi connectivity index (χ4v) is 3.96. The Balaban J connectivity index is 2.14. The minimum atomic E-state index is -0.521. The molecule has 3 heteroatoms. The van der Waals surface area contributed by atoms with E-state index in [0.717, 1.165) is 51.1 Å². The second-order valence-electron chi connectivity index (χ2n) is 6.86. The van der Waals surface area contributed by atoms with Crippen molar-refractivity contribution in [3.63, 3.8) is 0 Å². The lowest BCUT2D eigenvalue weighted by molar-refractivity contribution is -0.112. The predicted molar refractivity (Wildman–Crippen MR) is 75.4 cm³/mol. The maximum absolute atomic E-state index is 11.2. The summed E-state index contributed by atoms with van der Waals surface area (Å²) in [5, 5.41) is 11.2.